The van der Waals surface area contributed by atoms with Crippen molar-refractivity contribution in [3.05, 3.63) is 11.4 Å². The molecule has 1 N–H and O–H groups in total. The summed E-state index contributed by atoms with van der Waals surface area (Å²) in [7, 11) is 2.69. The van der Waals surface area contributed by atoms with Crippen molar-refractivity contribution in [1.29, 1.82) is 1.43 Å². The van der Waals surface area contributed by atoms with Gasteiger partial charge in [0, 0.05) is 18.1 Å². The van der Waals surface area contributed by atoms with Gasteiger partial charge in [-0.25, -0.2) is 11.2 Å². The zero-order valence-corrected chi connectivity index (χ0v) is 21.9. The van der Waals surface area contributed by atoms with E-state index in [9.17, 15) is 0 Å². The lowest BCUT2D eigenvalue weighted by Crippen LogP contribution is -2.49. The van der Waals surface area contributed by atoms with Gasteiger partial charge in [-0.1, -0.05) is 20.8 Å². The van der Waals surface area contributed by atoms with E-state index in [0.717, 1.165) is 0 Å². The molecule has 0 aromatic rings. The van der Waals surface area contributed by atoms with Gasteiger partial charge in [-0.05, 0) is 45.8 Å². The summed E-state index contributed by atoms with van der Waals surface area (Å²) >= 11 is 0. The summed E-state index contributed by atoms with van der Waals surface area (Å²) in [5.74, 6) is 0. The minimum atomic E-state index is -2.13. The van der Waals surface area contributed by atoms with Crippen molar-refractivity contribution < 1.29 is 23.3 Å². The molecule has 1 heterocycles. The molecule has 1 fully saturated rings. The van der Waals surface area contributed by atoms with Gasteiger partial charge in [0.05, 0.1) is 12.7 Å². The average molecular weight is 459 g/mol. The van der Waals surface area contributed by atoms with Gasteiger partial charge in [0.2, 0.25) is 7.98 Å². The van der Waals surface area contributed by atoms with Crippen molar-refractivity contribution in [2.24, 2.45) is 0 Å². The van der Waals surface area contributed by atoms with Gasteiger partial charge < -0.3 is 28.2 Å². The van der Waals surface area contributed by atoms with Crippen molar-refractivity contribution in [2.45, 2.75) is 103 Å². The molecule has 0 aromatic heterocycles. The number of aliphatic hydroxyl groups excluding tert-OH is 1. The number of nitrogens with zero attached hydrogens (tertiary/aromatic N) is 2. The molecule has 172 valence electrons. The third-order valence-corrected chi connectivity index (χ3v) is 12.1. The van der Waals surface area contributed by atoms with Gasteiger partial charge >= 0.3 is 0 Å². The average Bonchev–Trinajstić information content (AvgIpc) is 2.92. The van der Waals surface area contributed by atoms with Crippen LogP contribution in [-0.2, 0) is 18.2 Å². The third kappa shape index (κ3) is 7.53. The molecule has 7 nitrogen and oxygen atoms in total. The van der Waals surface area contributed by atoms with Gasteiger partial charge in [-0.3, -0.25) is 0 Å². The standard InChI is InChI=1S/C20H40BN2O5PSi/c1-14(2)23(15(3)4)29(25-12-11-22-8)26-13-16-17(24)18(19(21)27-16)28-30(9,10)20(5,6)7/h14-19,24H,11-13H2,1-7,9-10H3/t16-,17+,18?,19-,29?/m1/s1/i24D. The van der Waals surface area contributed by atoms with Gasteiger partial charge in [-0.15, -0.1) is 0 Å². The van der Waals surface area contributed by atoms with E-state index >= 15 is 0 Å². The Morgan fingerprint density at radius 2 is 1.87 bits per heavy atom. The fourth-order valence-corrected chi connectivity index (χ4v) is 5.90. The number of aliphatic hydroxyl groups is 1. The van der Waals surface area contributed by atoms with Crippen LogP contribution < -0.4 is 0 Å². The quantitative estimate of drug-likeness (QED) is 0.207. The fourth-order valence-electron chi connectivity index (χ4n) is 2.99. The predicted octanol–water partition coefficient (Wildman–Crippen LogP) is 3.93. The summed E-state index contributed by atoms with van der Waals surface area (Å²) in [4.78, 5) is 3.36. The molecule has 0 saturated carbocycles. The molecule has 1 rings (SSSR count). The van der Waals surface area contributed by atoms with E-state index in [-0.39, 0.29) is 30.3 Å². The van der Waals surface area contributed by atoms with Crippen molar-refractivity contribution in [3.8, 4) is 0 Å². The van der Waals surface area contributed by atoms with Crippen molar-refractivity contribution >= 4 is 24.7 Å². The summed E-state index contributed by atoms with van der Waals surface area (Å²) in [5.41, 5.74) is 0. The van der Waals surface area contributed by atoms with E-state index in [2.05, 4.69) is 71.1 Å². The van der Waals surface area contributed by atoms with Crippen LogP contribution in [0.4, 0.5) is 0 Å². The van der Waals surface area contributed by atoms with E-state index < -0.39 is 41.2 Å². The predicted molar refractivity (Wildman–Crippen MR) is 125 cm³/mol. The van der Waals surface area contributed by atoms with Crippen LogP contribution >= 0.6 is 8.53 Å². The zero-order valence-electron chi connectivity index (χ0n) is 21.0. The Hall–Kier alpha value is -0.0382. The van der Waals surface area contributed by atoms with Crippen LogP contribution in [0.1, 0.15) is 48.5 Å². The maximum Gasteiger partial charge on any atom is 0.259 e. The second-order valence-electron chi connectivity index (χ2n) is 9.76. The summed E-state index contributed by atoms with van der Waals surface area (Å²) < 4.78 is 34.2. The highest BCUT2D eigenvalue weighted by Gasteiger charge is 2.48. The monoisotopic (exact) mass is 459 g/mol. The van der Waals surface area contributed by atoms with Crippen molar-refractivity contribution in [2.75, 3.05) is 19.8 Å². The van der Waals surface area contributed by atoms with Gasteiger partial charge in [0.15, 0.2) is 8.32 Å². The van der Waals surface area contributed by atoms with Gasteiger partial charge in [0.1, 0.15) is 26.7 Å². The lowest BCUT2D eigenvalue weighted by atomic mass is 9.93. The lowest BCUT2D eigenvalue weighted by Gasteiger charge is -2.40. The smallest absolute Gasteiger partial charge is 0.259 e. The first-order valence-electron chi connectivity index (χ1n) is 11.1. The first kappa shape index (κ1) is 26.2. The molecule has 0 spiro atoms. The van der Waals surface area contributed by atoms with E-state index in [4.69, 9.17) is 39.2 Å². The molecule has 0 bridgehead atoms. The van der Waals surface area contributed by atoms with Crippen LogP contribution in [0.25, 0.3) is 4.85 Å². The molecule has 1 saturated heterocycles. The topological polar surface area (TPSA) is 64.8 Å². The van der Waals surface area contributed by atoms with Crippen LogP contribution in [0.3, 0.4) is 0 Å². The van der Waals surface area contributed by atoms with Crippen LogP contribution in [0.2, 0.25) is 18.1 Å². The second kappa shape index (κ2) is 11.7. The summed E-state index contributed by atoms with van der Waals surface area (Å²) in [6.45, 7) is 26.8. The SMILES string of the molecule is [2H]O[C@@H]1C(O[Si](C)(C)C(C)(C)C)[C@H]([B])O[C@@H]1COP(OCC[N+]#[C-])N(C(C)C)C(C)C. The second-order valence-corrected chi connectivity index (χ2v) is 16.0. The Labute approximate surface area is 188 Å². The van der Waals surface area contributed by atoms with Crippen molar-refractivity contribution in [3.63, 3.8) is 0 Å². The molecule has 30 heavy (non-hydrogen) atoms. The number of rotatable bonds is 12. The normalized spacial score (nSPS) is 27.0. The number of hydrogen-bond acceptors (Lipinski definition) is 6. The first-order chi connectivity index (χ1) is 14.3. The van der Waals surface area contributed by atoms with Crippen LogP contribution in [0.5, 0.6) is 0 Å². The van der Waals surface area contributed by atoms with Gasteiger partial charge in [0.25, 0.3) is 8.53 Å². The Bertz CT molecular complexity index is 583. The Morgan fingerprint density at radius 1 is 1.27 bits per heavy atom. The summed E-state index contributed by atoms with van der Waals surface area (Å²) in [6, 6.07) is -0.300. The van der Waals surface area contributed by atoms with E-state index in [1.54, 1.807) is 0 Å². The summed E-state index contributed by atoms with van der Waals surface area (Å²) in [6.07, 6.45) is -1.73. The highest BCUT2D eigenvalue weighted by Crippen LogP contribution is 2.46. The highest BCUT2D eigenvalue weighted by molar-refractivity contribution is 7.44. The molecular formula is C20H40BN2O5PSi. The van der Waals surface area contributed by atoms with Crippen molar-refractivity contribution in [1.82, 2.24) is 4.67 Å². The first-order valence-corrected chi connectivity index (χ1v) is 14.7. The van der Waals surface area contributed by atoms with Crippen LogP contribution in [0, 0.1) is 6.57 Å². The number of hydrogen-bond donors (Lipinski definition) is 1. The van der Waals surface area contributed by atoms with Gasteiger partial charge in [-0.2, -0.15) is 0 Å². The lowest BCUT2D eigenvalue weighted by molar-refractivity contribution is -0.00558. The fraction of sp³-hybridized carbons (Fsp3) is 0.950. The molecule has 0 aliphatic carbocycles. The Morgan fingerprint density at radius 3 is 2.33 bits per heavy atom. The highest BCUT2D eigenvalue weighted by atomic mass is 31.2. The maximum atomic E-state index is 7.63. The molecule has 5 atom stereocenters. The maximum absolute atomic E-state index is 7.63. The van der Waals surface area contributed by atoms with E-state index in [0.29, 0.717) is 6.61 Å². The Balaban J connectivity index is 2.91. The molecule has 1 aliphatic rings. The molecule has 1 aliphatic heterocycles. The van der Waals surface area contributed by atoms with E-state index in [1.807, 2.05) is 0 Å². The summed E-state index contributed by atoms with van der Waals surface area (Å²) in [5, 5.41) is 5.02. The third-order valence-electron chi connectivity index (χ3n) is 5.58. The van der Waals surface area contributed by atoms with Crippen LogP contribution in [-0.4, -0.2) is 83.5 Å². The zero-order chi connectivity index (χ0) is 24.0. The molecule has 0 amide bonds. The molecule has 2 unspecified atom stereocenters. The van der Waals surface area contributed by atoms with Crippen LogP contribution in [0.15, 0.2) is 0 Å². The Kier molecular flexibility index (Phi) is 10.2. The number of ether oxygens (including phenoxy) is 1. The minimum absolute atomic E-state index is 0.00597. The molecule has 2 radical (unpaired) electrons. The largest absolute Gasteiger partial charge is 0.409 e. The van der Waals surface area contributed by atoms with E-state index in [1.165, 1.54) is 0 Å². The molecule has 10 heteroatoms. The minimum Gasteiger partial charge on any atom is -0.409 e. The molecule has 0 aromatic carbocycles. The molecular weight excluding hydrogens is 418 g/mol.